The fourth-order valence-electron chi connectivity index (χ4n) is 1.18. The van der Waals surface area contributed by atoms with Crippen molar-refractivity contribution in [2.45, 2.75) is 45.8 Å². The molecule has 5 nitrogen and oxygen atoms in total. The second kappa shape index (κ2) is 5.01. The first-order valence-electron chi connectivity index (χ1n) is 5.25. The van der Waals surface area contributed by atoms with Crippen LogP contribution in [0.5, 0.6) is 0 Å². The molecule has 1 N–H and O–H groups in total. The van der Waals surface area contributed by atoms with Crippen LogP contribution >= 0.6 is 0 Å². The highest BCUT2D eigenvalue weighted by Gasteiger charge is 2.18. The Balaban J connectivity index is 2.34. The third-order valence-corrected chi connectivity index (χ3v) is 1.73. The van der Waals surface area contributed by atoms with Crippen molar-refractivity contribution in [3.63, 3.8) is 0 Å². The molecule has 0 aliphatic rings. The molecule has 1 amide bonds. The topological polar surface area (TPSA) is 64.4 Å². The van der Waals surface area contributed by atoms with Crippen molar-refractivity contribution in [2.24, 2.45) is 0 Å². The number of amides is 1. The van der Waals surface area contributed by atoms with E-state index in [1.807, 2.05) is 27.7 Å². The van der Waals surface area contributed by atoms with Crippen LogP contribution in [0.4, 0.5) is 4.79 Å². The van der Waals surface area contributed by atoms with Crippen molar-refractivity contribution in [2.75, 3.05) is 0 Å². The monoisotopic (exact) mass is 226 g/mol. The summed E-state index contributed by atoms with van der Waals surface area (Å²) in [5.74, 6) is 0.601. The standard InChI is InChI=1S/C11H18N2O3/c1-8(7-9-12-5-6-15-9)13-10(14)16-11(2,3)4/h5-6,8H,7H2,1-4H3,(H,13,14)/t8-/m0/s1. The third kappa shape index (κ3) is 4.82. The van der Waals surface area contributed by atoms with Gasteiger partial charge in [-0.25, -0.2) is 9.78 Å². The van der Waals surface area contributed by atoms with Crippen LogP contribution in [0.25, 0.3) is 0 Å². The second-order valence-electron chi connectivity index (χ2n) is 4.68. The van der Waals surface area contributed by atoms with Crippen LogP contribution in [0.3, 0.4) is 0 Å². The summed E-state index contributed by atoms with van der Waals surface area (Å²) in [5, 5.41) is 2.71. The zero-order valence-electron chi connectivity index (χ0n) is 10.1. The van der Waals surface area contributed by atoms with Gasteiger partial charge in [-0.2, -0.15) is 0 Å². The number of rotatable bonds is 3. The Morgan fingerprint density at radius 3 is 2.81 bits per heavy atom. The Morgan fingerprint density at radius 1 is 1.62 bits per heavy atom. The number of carbonyl (C=O) groups is 1. The Kier molecular flexibility index (Phi) is 3.93. The average molecular weight is 226 g/mol. The Labute approximate surface area is 95.2 Å². The van der Waals surface area contributed by atoms with Crippen LogP contribution in [0.1, 0.15) is 33.6 Å². The van der Waals surface area contributed by atoms with Gasteiger partial charge in [-0.3, -0.25) is 0 Å². The molecule has 0 bridgehead atoms. The van der Waals surface area contributed by atoms with Gasteiger partial charge in [0.15, 0.2) is 5.89 Å². The van der Waals surface area contributed by atoms with Crippen LogP contribution in [0.15, 0.2) is 16.9 Å². The van der Waals surface area contributed by atoms with E-state index in [0.717, 1.165) is 0 Å². The summed E-state index contributed by atoms with van der Waals surface area (Å²) in [7, 11) is 0. The van der Waals surface area contributed by atoms with Crippen molar-refractivity contribution < 1.29 is 13.9 Å². The lowest BCUT2D eigenvalue weighted by Crippen LogP contribution is -2.38. The molecule has 0 saturated heterocycles. The molecule has 16 heavy (non-hydrogen) atoms. The van der Waals surface area contributed by atoms with Crippen LogP contribution in [0.2, 0.25) is 0 Å². The van der Waals surface area contributed by atoms with Crippen molar-refractivity contribution in [1.82, 2.24) is 10.3 Å². The summed E-state index contributed by atoms with van der Waals surface area (Å²) in [6.07, 6.45) is 3.21. The fourth-order valence-corrected chi connectivity index (χ4v) is 1.18. The molecule has 1 rings (SSSR count). The number of carbonyl (C=O) groups excluding carboxylic acids is 1. The summed E-state index contributed by atoms with van der Waals surface area (Å²) in [4.78, 5) is 15.4. The van der Waals surface area contributed by atoms with E-state index >= 15 is 0 Å². The van der Waals surface area contributed by atoms with E-state index in [2.05, 4.69) is 10.3 Å². The first-order valence-corrected chi connectivity index (χ1v) is 5.25. The number of ether oxygens (including phenoxy) is 1. The number of nitrogens with zero attached hydrogens (tertiary/aromatic N) is 1. The molecule has 1 atom stereocenters. The van der Waals surface area contributed by atoms with E-state index < -0.39 is 11.7 Å². The van der Waals surface area contributed by atoms with Gasteiger partial charge in [0.05, 0.1) is 6.20 Å². The second-order valence-corrected chi connectivity index (χ2v) is 4.68. The predicted molar refractivity (Wildman–Crippen MR) is 59.0 cm³/mol. The molecule has 90 valence electrons. The highest BCUT2D eigenvalue weighted by molar-refractivity contribution is 5.68. The molecule has 0 saturated carbocycles. The molecule has 1 aromatic rings. The third-order valence-electron chi connectivity index (χ3n) is 1.73. The first kappa shape index (κ1) is 12.5. The van der Waals surface area contributed by atoms with Crippen LogP contribution < -0.4 is 5.32 Å². The van der Waals surface area contributed by atoms with Gasteiger partial charge >= 0.3 is 6.09 Å². The van der Waals surface area contributed by atoms with Crippen molar-refractivity contribution in [1.29, 1.82) is 0 Å². The Bertz CT molecular complexity index is 327. The smallest absolute Gasteiger partial charge is 0.407 e. The minimum atomic E-state index is -0.479. The zero-order chi connectivity index (χ0) is 12.2. The molecule has 0 unspecified atom stereocenters. The number of alkyl carbamates (subject to hydrolysis) is 1. The fraction of sp³-hybridized carbons (Fsp3) is 0.636. The molecule has 0 fully saturated rings. The molecular formula is C11H18N2O3. The SMILES string of the molecule is C[C@@H](Cc1ncco1)NC(=O)OC(C)(C)C. The van der Waals surface area contributed by atoms with E-state index in [9.17, 15) is 4.79 Å². The lowest BCUT2D eigenvalue weighted by atomic mass is 10.2. The quantitative estimate of drug-likeness (QED) is 0.857. The van der Waals surface area contributed by atoms with E-state index in [4.69, 9.17) is 9.15 Å². The van der Waals surface area contributed by atoms with Gasteiger partial charge in [0.2, 0.25) is 0 Å². The Hall–Kier alpha value is -1.52. The number of oxazole rings is 1. The maximum Gasteiger partial charge on any atom is 0.407 e. The molecule has 1 heterocycles. The minimum Gasteiger partial charge on any atom is -0.449 e. The van der Waals surface area contributed by atoms with Gasteiger partial charge in [-0.05, 0) is 27.7 Å². The number of aromatic nitrogens is 1. The van der Waals surface area contributed by atoms with Crippen LogP contribution in [-0.2, 0) is 11.2 Å². The highest BCUT2D eigenvalue weighted by atomic mass is 16.6. The molecule has 0 aromatic carbocycles. The Morgan fingerprint density at radius 2 is 2.31 bits per heavy atom. The number of nitrogens with one attached hydrogen (secondary N) is 1. The largest absolute Gasteiger partial charge is 0.449 e. The first-order chi connectivity index (χ1) is 7.37. The molecule has 0 aliphatic heterocycles. The predicted octanol–water partition coefficient (Wildman–Crippen LogP) is 2.13. The van der Waals surface area contributed by atoms with Crippen molar-refractivity contribution in [3.8, 4) is 0 Å². The summed E-state index contributed by atoms with van der Waals surface area (Å²) in [5.41, 5.74) is -0.479. The maximum atomic E-state index is 11.4. The zero-order valence-corrected chi connectivity index (χ0v) is 10.1. The molecule has 1 aromatic heterocycles. The molecule has 0 radical (unpaired) electrons. The van der Waals surface area contributed by atoms with Gasteiger partial charge in [0, 0.05) is 12.5 Å². The highest BCUT2D eigenvalue weighted by Crippen LogP contribution is 2.07. The van der Waals surface area contributed by atoms with Crippen molar-refractivity contribution in [3.05, 3.63) is 18.4 Å². The van der Waals surface area contributed by atoms with E-state index in [-0.39, 0.29) is 6.04 Å². The van der Waals surface area contributed by atoms with Gasteiger partial charge in [0.25, 0.3) is 0 Å². The van der Waals surface area contributed by atoms with E-state index in [1.54, 1.807) is 6.20 Å². The lowest BCUT2D eigenvalue weighted by Gasteiger charge is -2.21. The summed E-state index contributed by atoms with van der Waals surface area (Å²) < 4.78 is 10.2. The number of hydrogen-bond acceptors (Lipinski definition) is 4. The minimum absolute atomic E-state index is 0.0755. The van der Waals surface area contributed by atoms with Crippen LogP contribution in [-0.4, -0.2) is 22.7 Å². The molecule has 0 aliphatic carbocycles. The van der Waals surface area contributed by atoms with Crippen LogP contribution in [0, 0.1) is 0 Å². The molecule has 5 heteroatoms. The summed E-state index contributed by atoms with van der Waals surface area (Å²) >= 11 is 0. The molecular weight excluding hydrogens is 208 g/mol. The molecule has 0 spiro atoms. The lowest BCUT2D eigenvalue weighted by molar-refractivity contribution is 0.0507. The van der Waals surface area contributed by atoms with Gasteiger partial charge in [-0.1, -0.05) is 0 Å². The number of hydrogen-bond donors (Lipinski definition) is 1. The average Bonchev–Trinajstić information content (AvgIpc) is 2.51. The normalized spacial score (nSPS) is 13.2. The van der Waals surface area contributed by atoms with Gasteiger partial charge < -0.3 is 14.5 Å². The van der Waals surface area contributed by atoms with Gasteiger partial charge in [-0.15, -0.1) is 0 Å². The van der Waals surface area contributed by atoms with Gasteiger partial charge in [0.1, 0.15) is 11.9 Å². The van der Waals surface area contributed by atoms with E-state index in [0.29, 0.717) is 12.3 Å². The van der Waals surface area contributed by atoms with Crippen molar-refractivity contribution >= 4 is 6.09 Å². The maximum absolute atomic E-state index is 11.4. The summed E-state index contributed by atoms with van der Waals surface area (Å²) in [6, 6.07) is -0.0755. The van der Waals surface area contributed by atoms with E-state index in [1.165, 1.54) is 6.26 Å². The summed E-state index contributed by atoms with van der Waals surface area (Å²) in [6.45, 7) is 7.34.